The van der Waals surface area contributed by atoms with Gasteiger partial charge in [0, 0.05) is 30.6 Å². The first kappa shape index (κ1) is 18.5. The second-order valence-electron chi connectivity index (χ2n) is 7.41. The summed E-state index contributed by atoms with van der Waals surface area (Å²) in [6.45, 7) is 1.23. The molecule has 3 aliphatic rings. The predicted octanol–water partition coefficient (Wildman–Crippen LogP) is 2.12. The fourth-order valence-corrected chi connectivity index (χ4v) is 6.18. The van der Waals surface area contributed by atoms with Gasteiger partial charge >= 0.3 is 0 Å². The molecule has 0 aliphatic carbocycles. The van der Waals surface area contributed by atoms with Crippen LogP contribution < -0.4 is 9.62 Å². The number of nitrogens with zero attached hydrogens (tertiary/aromatic N) is 2. The second kappa shape index (κ2) is 6.65. The van der Waals surface area contributed by atoms with Gasteiger partial charge in [0.1, 0.15) is 6.54 Å². The van der Waals surface area contributed by atoms with Crippen LogP contribution in [0.1, 0.15) is 19.3 Å². The van der Waals surface area contributed by atoms with Gasteiger partial charge in [0.15, 0.2) is 0 Å². The Hall–Kier alpha value is -1.83. The number of rotatable bonds is 2. The van der Waals surface area contributed by atoms with Crippen LogP contribution in [-0.2, 0) is 14.8 Å². The number of sulfonamides is 1. The Morgan fingerprint density at radius 3 is 2.63 bits per heavy atom. The number of halogens is 1. The normalized spacial score (nSPS) is 25.3. The second-order valence-corrected chi connectivity index (χ2v) is 9.24. The molecule has 2 aromatic rings. The van der Waals surface area contributed by atoms with Crippen molar-refractivity contribution in [2.45, 2.75) is 36.2 Å². The van der Waals surface area contributed by atoms with E-state index in [0.29, 0.717) is 35.8 Å². The Morgan fingerprint density at radius 1 is 1.07 bits per heavy atom. The third kappa shape index (κ3) is 2.88. The third-order valence-corrected chi connectivity index (χ3v) is 7.64. The minimum Gasteiger partial charge on any atom is -0.340 e. The van der Waals surface area contributed by atoms with Gasteiger partial charge in [-0.2, -0.15) is 0 Å². The monoisotopic (exact) mass is 407 g/mol. The van der Waals surface area contributed by atoms with Gasteiger partial charge in [-0.3, -0.25) is 9.10 Å². The zero-order valence-electron chi connectivity index (χ0n) is 14.8. The molecule has 3 aliphatic heterocycles. The Kier molecular flexibility index (Phi) is 4.56. The number of likely N-dealkylation sites (tertiary alicyclic amines) is 1. The molecule has 2 saturated heterocycles. The minimum atomic E-state index is -3.68. The van der Waals surface area contributed by atoms with Crippen LogP contribution in [0, 0.1) is 0 Å². The van der Waals surface area contributed by atoms with Crippen molar-refractivity contribution in [1.29, 1.82) is 0 Å². The largest absolute Gasteiger partial charge is 0.340 e. The lowest BCUT2D eigenvalue weighted by atomic mass is 10.1. The van der Waals surface area contributed by atoms with E-state index in [4.69, 9.17) is 0 Å². The van der Waals surface area contributed by atoms with Gasteiger partial charge in [-0.05, 0) is 36.8 Å². The van der Waals surface area contributed by atoms with E-state index in [1.807, 2.05) is 23.1 Å². The van der Waals surface area contributed by atoms with Crippen LogP contribution in [-0.4, -0.2) is 50.9 Å². The van der Waals surface area contributed by atoms with Crippen molar-refractivity contribution in [2.75, 3.05) is 23.9 Å². The van der Waals surface area contributed by atoms with Crippen LogP contribution in [0.5, 0.6) is 0 Å². The maximum absolute atomic E-state index is 13.0. The van der Waals surface area contributed by atoms with Gasteiger partial charge in [0.05, 0.1) is 10.6 Å². The molecule has 5 rings (SSSR count). The van der Waals surface area contributed by atoms with Crippen LogP contribution >= 0.6 is 12.4 Å². The summed E-state index contributed by atoms with van der Waals surface area (Å²) in [4.78, 5) is 15.1. The molecule has 3 heterocycles. The number of benzene rings is 2. The molecule has 27 heavy (non-hydrogen) atoms. The highest BCUT2D eigenvalue weighted by Crippen LogP contribution is 2.41. The topological polar surface area (TPSA) is 69.7 Å². The van der Waals surface area contributed by atoms with Gasteiger partial charge in [0.2, 0.25) is 5.91 Å². The molecule has 6 nitrogen and oxygen atoms in total. The maximum atomic E-state index is 13.0. The highest BCUT2D eigenvalue weighted by atomic mass is 35.5. The molecule has 144 valence electrons. The number of fused-ring (bicyclic) bond motifs is 2. The smallest absolute Gasteiger partial charge is 0.265 e. The Morgan fingerprint density at radius 2 is 1.81 bits per heavy atom. The molecule has 0 spiro atoms. The summed E-state index contributed by atoms with van der Waals surface area (Å²) in [6.07, 6.45) is 3.19. The van der Waals surface area contributed by atoms with E-state index in [2.05, 4.69) is 5.32 Å². The summed E-state index contributed by atoms with van der Waals surface area (Å²) in [5.74, 6) is -0.118. The zero-order chi connectivity index (χ0) is 17.9. The van der Waals surface area contributed by atoms with Crippen molar-refractivity contribution in [2.24, 2.45) is 0 Å². The zero-order valence-corrected chi connectivity index (χ0v) is 16.4. The number of carbonyl (C=O) groups is 1. The van der Waals surface area contributed by atoms with E-state index in [0.717, 1.165) is 23.6 Å². The van der Waals surface area contributed by atoms with Crippen LogP contribution in [0.25, 0.3) is 10.8 Å². The highest BCUT2D eigenvalue weighted by molar-refractivity contribution is 7.93. The molecule has 1 amide bonds. The Balaban J connectivity index is 0.00000180. The van der Waals surface area contributed by atoms with Crippen molar-refractivity contribution in [1.82, 2.24) is 10.2 Å². The summed E-state index contributed by atoms with van der Waals surface area (Å²) < 4.78 is 27.3. The van der Waals surface area contributed by atoms with E-state index >= 15 is 0 Å². The molecular formula is C19H22ClN3O3S. The summed E-state index contributed by atoms with van der Waals surface area (Å²) in [5, 5.41) is 5.16. The standard InChI is InChI=1S/C19H21N3O3S.ClH/c23-18(21-10-9-14-7-8-15(11-21)20-14)12-22-16-5-1-3-13-4-2-6-17(19(13)16)26(22,24)25;/h1-6,14-15,20H,7-12H2;1H. The van der Waals surface area contributed by atoms with Crippen molar-refractivity contribution >= 4 is 44.8 Å². The number of anilines is 1. The molecule has 1 N–H and O–H groups in total. The molecule has 2 aromatic carbocycles. The van der Waals surface area contributed by atoms with Crippen molar-refractivity contribution < 1.29 is 13.2 Å². The van der Waals surface area contributed by atoms with Gasteiger partial charge in [-0.15, -0.1) is 12.4 Å². The van der Waals surface area contributed by atoms with Crippen molar-refractivity contribution in [3.05, 3.63) is 36.4 Å². The van der Waals surface area contributed by atoms with Crippen LogP contribution in [0.15, 0.2) is 41.3 Å². The summed E-state index contributed by atoms with van der Waals surface area (Å²) in [7, 11) is -3.68. The van der Waals surface area contributed by atoms with E-state index in [9.17, 15) is 13.2 Å². The first-order chi connectivity index (χ1) is 12.5. The molecule has 0 aromatic heterocycles. The number of nitrogens with one attached hydrogen (secondary N) is 1. The lowest BCUT2D eigenvalue weighted by Crippen LogP contribution is -2.45. The van der Waals surface area contributed by atoms with Gasteiger partial charge < -0.3 is 10.2 Å². The lowest BCUT2D eigenvalue weighted by Gasteiger charge is -2.27. The number of hydrogen-bond acceptors (Lipinski definition) is 4. The minimum absolute atomic E-state index is 0. The molecular weight excluding hydrogens is 386 g/mol. The highest BCUT2D eigenvalue weighted by Gasteiger charge is 2.38. The molecule has 8 heteroatoms. The third-order valence-electron chi connectivity index (χ3n) is 5.84. The van der Waals surface area contributed by atoms with Gasteiger partial charge in [-0.25, -0.2) is 8.42 Å². The number of hydrogen-bond donors (Lipinski definition) is 1. The van der Waals surface area contributed by atoms with Gasteiger partial charge in [-0.1, -0.05) is 24.3 Å². The molecule has 2 unspecified atom stereocenters. The lowest BCUT2D eigenvalue weighted by molar-refractivity contribution is -0.129. The number of amides is 1. The molecule has 2 bridgehead atoms. The Labute approximate surface area is 165 Å². The predicted molar refractivity (Wildman–Crippen MR) is 107 cm³/mol. The summed E-state index contributed by atoms with van der Waals surface area (Å²) in [6, 6.07) is 11.6. The molecule has 0 saturated carbocycles. The number of carbonyl (C=O) groups excluding carboxylic acids is 1. The van der Waals surface area contributed by atoms with Gasteiger partial charge in [0.25, 0.3) is 10.0 Å². The van der Waals surface area contributed by atoms with Crippen LogP contribution in [0.2, 0.25) is 0 Å². The SMILES string of the molecule is Cl.O=C(CN1c2cccc3cccc(c23)S1(=O)=O)N1CCC2CCC(C1)N2. The summed E-state index contributed by atoms with van der Waals surface area (Å²) >= 11 is 0. The van der Waals surface area contributed by atoms with Crippen molar-refractivity contribution in [3.63, 3.8) is 0 Å². The molecule has 2 fully saturated rings. The quantitative estimate of drug-likeness (QED) is 0.827. The first-order valence-electron chi connectivity index (χ1n) is 9.12. The van der Waals surface area contributed by atoms with E-state index in [1.165, 1.54) is 10.7 Å². The average molecular weight is 408 g/mol. The Bertz CT molecular complexity index is 1010. The van der Waals surface area contributed by atoms with E-state index < -0.39 is 10.0 Å². The maximum Gasteiger partial charge on any atom is 0.265 e. The van der Waals surface area contributed by atoms with Crippen molar-refractivity contribution in [3.8, 4) is 0 Å². The van der Waals surface area contributed by atoms with E-state index in [-0.39, 0.29) is 24.9 Å². The summed E-state index contributed by atoms with van der Waals surface area (Å²) in [5.41, 5.74) is 0.612. The van der Waals surface area contributed by atoms with Crippen LogP contribution in [0.4, 0.5) is 5.69 Å². The van der Waals surface area contributed by atoms with E-state index in [1.54, 1.807) is 18.2 Å². The fourth-order valence-electron chi connectivity index (χ4n) is 4.52. The average Bonchev–Trinajstić information content (AvgIpc) is 3.06. The van der Waals surface area contributed by atoms with Crippen LogP contribution in [0.3, 0.4) is 0 Å². The molecule has 0 radical (unpaired) electrons. The fraction of sp³-hybridized carbons (Fsp3) is 0.421. The first-order valence-corrected chi connectivity index (χ1v) is 10.6. The molecule has 2 atom stereocenters.